The van der Waals surface area contributed by atoms with Crippen molar-refractivity contribution in [2.45, 2.75) is 12.8 Å². The molecule has 0 bridgehead atoms. The van der Waals surface area contributed by atoms with E-state index in [1.165, 1.54) is 12.1 Å². The van der Waals surface area contributed by atoms with E-state index >= 15 is 0 Å². The Morgan fingerprint density at radius 2 is 2.29 bits per heavy atom. The summed E-state index contributed by atoms with van der Waals surface area (Å²) in [7, 11) is 0. The van der Waals surface area contributed by atoms with E-state index in [1.807, 2.05) is 5.38 Å². The minimum atomic E-state index is -0.325. The van der Waals surface area contributed by atoms with Gasteiger partial charge in [-0.05, 0) is 18.2 Å². The maximum atomic E-state index is 13.1. The Hall–Kier alpha value is -1.62. The molecule has 0 saturated heterocycles. The second-order valence-electron chi connectivity index (χ2n) is 3.93. The van der Waals surface area contributed by atoms with Crippen LogP contribution < -0.4 is 11.1 Å². The zero-order valence-electron chi connectivity index (χ0n) is 9.48. The van der Waals surface area contributed by atoms with Crippen molar-refractivity contribution in [3.05, 3.63) is 40.6 Å². The number of anilines is 2. The number of rotatable bonds is 4. The fourth-order valence-electron chi connectivity index (χ4n) is 1.55. The molecule has 5 heteroatoms. The van der Waals surface area contributed by atoms with Gasteiger partial charge >= 0.3 is 0 Å². The lowest BCUT2D eigenvalue weighted by molar-refractivity contribution is 0.628. The molecular weight excluding hydrogens is 237 g/mol. The molecule has 2 rings (SSSR count). The maximum absolute atomic E-state index is 13.1. The van der Waals surface area contributed by atoms with Crippen LogP contribution in [-0.2, 0) is 0 Å². The second kappa shape index (κ2) is 5.14. The highest BCUT2D eigenvalue weighted by molar-refractivity contribution is 7.09. The average Bonchev–Trinajstić information content (AvgIpc) is 2.78. The number of nitrogen functional groups attached to an aromatic ring is 1. The van der Waals surface area contributed by atoms with Gasteiger partial charge in [-0.1, -0.05) is 6.92 Å². The summed E-state index contributed by atoms with van der Waals surface area (Å²) in [6.07, 6.45) is 1.79. The lowest BCUT2D eigenvalue weighted by Gasteiger charge is -2.11. The van der Waals surface area contributed by atoms with Crippen molar-refractivity contribution in [3.8, 4) is 0 Å². The first kappa shape index (κ1) is 11.9. The number of nitrogens with zero attached hydrogens (tertiary/aromatic N) is 1. The van der Waals surface area contributed by atoms with Gasteiger partial charge in [0.15, 0.2) is 0 Å². The Kier molecular flexibility index (Phi) is 3.58. The van der Waals surface area contributed by atoms with E-state index in [9.17, 15) is 4.39 Å². The van der Waals surface area contributed by atoms with Crippen molar-refractivity contribution in [2.24, 2.45) is 0 Å². The molecule has 3 N–H and O–H groups in total. The van der Waals surface area contributed by atoms with Gasteiger partial charge in [-0.25, -0.2) is 9.37 Å². The Morgan fingerprint density at radius 1 is 1.47 bits per heavy atom. The number of nitrogens with two attached hydrogens (primary N) is 1. The number of aromatic nitrogens is 1. The Morgan fingerprint density at radius 3 is 2.94 bits per heavy atom. The summed E-state index contributed by atoms with van der Waals surface area (Å²) in [5.41, 5.74) is 6.70. The summed E-state index contributed by atoms with van der Waals surface area (Å²) in [5, 5.41) is 6.18. The fraction of sp³-hybridized carbons (Fsp3) is 0.250. The zero-order chi connectivity index (χ0) is 12.3. The van der Waals surface area contributed by atoms with Crippen LogP contribution in [0.5, 0.6) is 0 Å². The molecule has 0 aliphatic carbocycles. The van der Waals surface area contributed by atoms with Gasteiger partial charge in [0.1, 0.15) is 5.82 Å². The molecule has 0 spiro atoms. The number of halogens is 1. The maximum Gasteiger partial charge on any atom is 0.127 e. The average molecular weight is 251 g/mol. The molecule has 1 unspecified atom stereocenters. The van der Waals surface area contributed by atoms with Crippen molar-refractivity contribution in [2.75, 3.05) is 17.6 Å². The van der Waals surface area contributed by atoms with Crippen LogP contribution in [0.4, 0.5) is 15.8 Å². The number of hydrogen-bond donors (Lipinski definition) is 2. The largest absolute Gasteiger partial charge is 0.399 e. The predicted molar refractivity (Wildman–Crippen MR) is 69.8 cm³/mol. The molecule has 0 amide bonds. The molecule has 1 aromatic heterocycles. The normalized spacial score (nSPS) is 12.4. The summed E-state index contributed by atoms with van der Waals surface area (Å²) >= 11 is 1.62. The number of benzene rings is 1. The number of thiazole rings is 1. The smallest absolute Gasteiger partial charge is 0.127 e. The van der Waals surface area contributed by atoms with Crippen molar-refractivity contribution < 1.29 is 4.39 Å². The van der Waals surface area contributed by atoms with Crippen molar-refractivity contribution in [3.63, 3.8) is 0 Å². The first-order valence-electron chi connectivity index (χ1n) is 5.34. The number of nitrogens with one attached hydrogen (secondary N) is 1. The summed E-state index contributed by atoms with van der Waals surface area (Å²) in [6, 6.07) is 4.46. The van der Waals surface area contributed by atoms with Gasteiger partial charge in [0.05, 0.1) is 5.01 Å². The van der Waals surface area contributed by atoms with E-state index in [0.717, 1.165) is 5.01 Å². The highest BCUT2D eigenvalue weighted by Crippen LogP contribution is 2.20. The van der Waals surface area contributed by atoms with E-state index in [4.69, 9.17) is 5.73 Å². The Balaban J connectivity index is 1.98. The minimum Gasteiger partial charge on any atom is -0.399 e. The van der Waals surface area contributed by atoms with Crippen LogP contribution in [0.2, 0.25) is 0 Å². The van der Waals surface area contributed by atoms with Gasteiger partial charge in [-0.2, -0.15) is 0 Å². The minimum absolute atomic E-state index is 0.291. The van der Waals surface area contributed by atoms with Gasteiger partial charge in [0.25, 0.3) is 0 Å². The monoisotopic (exact) mass is 251 g/mol. The van der Waals surface area contributed by atoms with E-state index in [0.29, 0.717) is 23.8 Å². The van der Waals surface area contributed by atoms with Crippen LogP contribution >= 0.6 is 11.3 Å². The van der Waals surface area contributed by atoms with E-state index in [2.05, 4.69) is 17.2 Å². The first-order valence-corrected chi connectivity index (χ1v) is 6.22. The van der Waals surface area contributed by atoms with E-state index < -0.39 is 0 Å². The third-order valence-corrected chi connectivity index (χ3v) is 3.41. The van der Waals surface area contributed by atoms with Gasteiger partial charge in [0, 0.05) is 35.4 Å². The van der Waals surface area contributed by atoms with Gasteiger partial charge < -0.3 is 11.1 Å². The molecule has 0 aliphatic heterocycles. The van der Waals surface area contributed by atoms with Crippen LogP contribution in [0, 0.1) is 5.82 Å². The molecule has 1 heterocycles. The van der Waals surface area contributed by atoms with Gasteiger partial charge in [-0.3, -0.25) is 0 Å². The van der Waals surface area contributed by atoms with Crippen LogP contribution in [0.1, 0.15) is 17.8 Å². The fourth-order valence-corrected chi connectivity index (χ4v) is 2.25. The van der Waals surface area contributed by atoms with E-state index in [-0.39, 0.29) is 5.82 Å². The molecule has 17 heavy (non-hydrogen) atoms. The molecule has 0 saturated carbocycles. The van der Waals surface area contributed by atoms with Crippen molar-refractivity contribution in [1.29, 1.82) is 0 Å². The van der Waals surface area contributed by atoms with Crippen LogP contribution in [0.15, 0.2) is 29.8 Å². The topological polar surface area (TPSA) is 50.9 Å². The summed E-state index contributed by atoms with van der Waals surface area (Å²) in [5.74, 6) is -0.0334. The molecule has 2 aromatic rings. The van der Waals surface area contributed by atoms with Crippen LogP contribution in [0.3, 0.4) is 0 Å². The SMILES string of the molecule is CC(CNc1cc(N)cc(F)c1)c1nccs1. The van der Waals surface area contributed by atoms with Crippen LogP contribution in [0.25, 0.3) is 0 Å². The predicted octanol–water partition coefficient (Wildman–Crippen LogP) is 3.08. The highest BCUT2D eigenvalue weighted by Gasteiger charge is 2.08. The van der Waals surface area contributed by atoms with Crippen LogP contribution in [-0.4, -0.2) is 11.5 Å². The van der Waals surface area contributed by atoms with Gasteiger partial charge in [0.2, 0.25) is 0 Å². The molecule has 1 atom stereocenters. The van der Waals surface area contributed by atoms with Gasteiger partial charge in [-0.15, -0.1) is 11.3 Å². The molecule has 0 fully saturated rings. The molecule has 1 aromatic carbocycles. The van der Waals surface area contributed by atoms with Crippen molar-refractivity contribution in [1.82, 2.24) is 4.98 Å². The molecule has 0 aliphatic rings. The summed E-state index contributed by atoms with van der Waals surface area (Å²) in [6.45, 7) is 2.78. The molecule has 90 valence electrons. The zero-order valence-corrected chi connectivity index (χ0v) is 10.3. The third kappa shape index (κ3) is 3.17. The number of hydrogen-bond acceptors (Lipinski definition) is 4. The standard InChI is InChI=1S/C12H14FN3S/c1-8(12-15-2-3-17-12)7-16-11-5-9(13)4-10(14)6-11/h2-6,8,16H,7,14H2,1H3. The lowest BCUT2D eigenvalue weighted by Crippen LogP contribution is -2.10. The lowest BCUT2D eigenvalue weighted by atomic mass is 10.2. The second-order valence-corrected chi connectivity index (χ2v) is 4.85. The molecular formula is C12H14FN3S. The molecule has 3 nitrogen and oxygen atoms in total. The Labute approximate surface area is 103 Å². The highest BCUT2D eigenvalue weighted by atomic mass is 32.1. The summed E-state index contributed by atoms with van der Waals surface area (Å²) in [4.78, 5) is 4.24. The quantitative estimate of drug-likeness (QED) is 0.821. The third-order valence-electron chi connectivity index (χ3n) is 2.41. The first-order chi connectivity index (χ1) is 8.15. The summed E-state index contributed by atoms with van der Waals surface area (Å²) < 4.78 is 13.1. The molecule has 0 radical (unpaired) electrons. The Bertz CT molecular complexity index is 464. The van der Waals surface area contributed by atoms with Crippen molar-refractivity contribution >= 4 is 22.7 Å². The van der Waals surface area contributed by atoms with E-state index in [1.54, 1.807) is 23.6 Å².